The number of nitro groups is 1. The second-order valence-corrected chi connectivity index (χ2v) is 10.4. The van der Waals surface area contributed by atoms with Gasteiger partial charge in [-0.2, -0.15) is 0 Å². The van der Waals surface area contributed by atoms with Gasteiger partial charge in [0.2, 0.25) is 5.91 Å². The van der Waals surface area contributed by atoms with E-state index in [-0.39, 0.29) is 28.6 Å². The maximum Gasteiger partial charge on any atom is 0.276 e. The van der Waals surface area contributed by atoms with E-state index < -0.39 is 16.7 Å². The van der Waals surface area contributed by atoms with Crippen LogP contribution in [-0.2, 0) is 9.59 Å². The van der Waals surface area contributed by atoms with Gasteiger partial charge in [0, 0.05) is 27.9 Å². The summed E-state index contributed by atoms with van der Waals surface area (Å²) < 4.78 is 0. The molecule has 0 bridgehead atoms. The summed E-state index contributed by atoms with van der Waals surface area (Å²) in [5.74, 6) is -1.14. The maximum atomic E-state index is 13.3. The van der Waals surface area contributed by atoms with Crippen molar-refractivity contribution in [3.05, 3.63) is 135 Å². The van der Waals surface area contributed by atoms with Crippen LogP contribution in [0.25, 0.3) is 6.08 Å². The lowest BCUT2D eigenvalue weighted by molar-refractivity contribution is -0.385. The molecule has 0 saturated heterocycles. The zero-order valence-corrected chi connectivity index (χ0v) is 23.7. The topological polar surface area (TPSA) is 130 Å². The zero-order valence-electron chi connectivity index (χ0n) is 22.9. The molecule has 0 spiro atoms. The first kappa shape index (κ1) is 29.8. The first-order valence-corrected chi connectivity index (χ1v) is 13.9. The van der Waals surface area contributed by atoms with Gasteiger partial charge in [-0.25, -0.2) is 0 Å². The average molecular weight is 581 g/mol. The summed E-state index contributed by atoms with van der Waals surface area (Å²) in [6, 6.07) is 26.9. The van der Waals surface area contributed by atoms with Crippen LogP contribution in [0.5, 0.6) is 0 Å². The normalized spacial score (nSPS) is 11.0. The highest BCUT2D eigenvalue weighted by Crippen LogP contribution is 2.23. The summed E-state index contributed by atoms with van der Waals surface area (Å²) in [5.41, 5.74) is 3.53. The molecule has 0 heterocycles. The minimum atomic E-state index is -0.661. The summed E-state index contributed by atoms with van der Waals surface area (Å²) in [7, 11) is 0. The molecule has 0 aliphatic carbocycles. The van der Waals surface area contributed by atoms with E-state index in [0.29, 0.717) is 11.3 Å². The fourth-order valence-electron chi connectivity index (χ4n) is 3.87. The van der Waals surface area contributed by atoms with Gasteiger partial charge < -0.3 is 16.0 Å². The van der Waals surface area contributed by atoms with Crippen LogP contribution in [0.3, 0.4) is 0 Å². The van der Waals surface area contributed by atoms with E-state index in [1.165, 1.54) is 36.0 Å². The molecule has 0 fully saturated rings. The number of carbonyl (C=O) groups is 3. The lowest BCUT2D eigenvalue weighted by atomic mass is 10.1. The molecule has 42 heavy (non-hydrogen) atoms. The molecule has 0 radical (unpaired) electrons. The summed E-state index contributed by atoms with van der Waals surface area (Å²) in [6.45, 7) is 4.00. The van der Waals surface area contributed by atoms with Gasteiger partial charge in [0.05, 0.1) is 16.2 Å². The number of anilines is 2. The molecule has 0 aliphatic rings. The van der Waals surface area contributed by atoms with Crippen molar-refractivity contribution in [1.29, 1.82) is 0 Å². The number of hydrogen-bond donors (Lipinski definition) is 3. The van der Waals surface area contributed by atoms with E-state index in [2.05, 4.69) is 16.0 Å². The number of carbonyl (C=O) groups excluding carboxylic acids is 3. The predicted octanol–water partition coefficient (Wildman–Crippen LogP) is 6.35. The van der Waals surface area contributed by atoms with E-state index >= 15 is 0 Å². The smallest absolute Gasteiger partial charge is 0.276 e. The Hall–Kier alpha value is -5.22. The maximum absolute atomic E-state index is 13.3. The number of para-hydroxylation sites is 1. The number of nitro benzene ring substituents is 1. The minimum Gasteiger partial charge on any atom is -0.325 e. The van der Waals surface area contributed by atoms with Crippen LogP contribution < -0.4 is 16.0 Å². The highest BCUT2D eigenvalue weighted by Gasteiger charge is 2.18. The molecule has 0 aliphatic heterocycles. The van der Waals surface area contributed by atoms with Crippen molar-refractivity contribution >= 4 is 52.6 Å². The number of hydrogen-bond acceptors (Lipinski definition) is 6. The Kier molecular flexibility index (Phi) is 9.85. The Bertz CT molecular complexity index is 1650. The highest BCUT2D eigenvalue weighted by molar-refractivity contribution is 8.00. The fraction of sp³-hybridized carbons (Fsp3) is 0.0938. The largest absolute Gasteiger partial charge is 0.325 e. The van der Waals surface area contributed by atoms with Crippen molar-refractivity contribution in [2.45, 2.75) is 18.7 Å². The van der Waals surface area contributed by atoms with Crippen LogP contribution in [0.4, 0.5) is 17.1 Å². The Morgan fingerprint density at radius 3 is 2.17 bits per heavy atom. The first-order chi connectivity index (χ1) is 20.2. The molecular formula is C32H28N4O5S. The quantitative estimate of drug-likeness (QED) is 0.0867. The summed E-state index contributed by atoms with van der Waals surface area (Å²) in [4.78, 5) is 50.3. The molecule has 212 valence electrons. The Morgan fingerprint density at radius 1 is 0.810 bits per heavy atom. The van der Waals surface area contributed by atoms with E-state index in [1.807, 2.05) is 32.0 Å². The number of nitrogens with one attached hydrogen (secondary N) is 3. The monoisotopic (exact) mass is 580 g/mol. The highest BCUT2D eigenvalue weighted by atomic mass is 32.2. The van der Waals surface area contributed by atoms with Gasteiger partial charge in [-0.1, -0.05) is 36.4 Å². The van der Waals surface area contributed by atoms with Gasteiger partial charge >= 0.3 is 0 Å². The molecule has 4 aromatic rings. The van der Waals surface area contributed by atoms with Crippen LogP contribution >= 0.6 is 11.8 Å². The Balaban J connectivity index is 1.44. The molecule has 0 atom stereocenters. The average Bonchev–Trinajstić information content (AvgIpc) is 2.99. The third-order valence-electron chi connectivity index (χ3n) is 6.23. The van der Waals surface area contributed by atoms with Gasteiger partial charge in [-0.3, -0.25) is 24.5 Å². The molecule has 3 amide bonds. The van der Waals surface area contributed by atoms with Crippen LogP contribution in [0.15, 0.2) is 108 Å². The minimum absolute atomic E-state index is 0.139. The number of nitrogens with zero attached hydrogens (tertiary/aromatic N) is 1. The van der Waals surface area contributed by atoms with E-state index in [4.69, 9.17) is 0 Å². The number of rotatable bonds is 10. The van der Waals surface area contributed by atoms with Crippen molar-refractivity contribution < 1.29 is 19.3 Å². The second-order valence-electron chi connectivity index (χ2n) is 9.31. The number of amides is 3. The fourth-order valence-corrected chi connectivity index (χ4v) is 4.57. The van der Waals surface area contributed by atoms with Crippen LogP contribution in [0.1, 0.15) is 27.0 Å². The van der Waals surface area contributed by atoms with E-state index in [0.717, 1.165) is 21.7 Å². The molecular weight excluding hydrogens is 552 g/mol. The summed E-state index contributed by atoms with van der Waals surface area (Å²) in [6.07, 6.45) is 1.27. The van der Waals surface area contributed by atoms with Gasteiger partial charge in [0.1, 0.15) is 5.70 Å². The lowest BCUT2D eigenvalue weighted by Gasteiger charge is -2.12. The Labute approximate surface area is 247 Å². The van der Waals surface area contributed by atoms with Crippen LogP contribution in [0.2, 0.25) is 0 Å². The van der Waals surface area contributed by atoms with E-state index in [1.54, 1.807) is 60.7 Å². The lowest BCUT2D eigenvalue weighted by Crippen LogP contribution is -2.30. The molecule has 0 aromatic heterocycles. The number of aryl methyl sites for hydroxylation is 2. The molecule has 4 rings (SSSR count). The molecule has 0 saturated carbocycles. The number of thioether (sulfide) groups is 1. The van der Waals surface area contributed by atoms with Gasteiger partial charge in [0.25, 0.3) is 17.5 Å². The van der Waals surface area contributed by atoms with Crippen molar-refractivity contribution in [3.8, 4) is 0 Å². The van der Waals surface area contributed by atoms with Gasteiger partial charge in [-0.15, -0.1) is 11.8 Å². The predicted molar refractivity (Wildman–Crippen MR) is 165 cm³/mol. The summed E-state index contributed by atoms with van der Waals surface area (Å²) in [5, 5.41) is 19.7. The molecule has 9 nitrogen and oxygen atoms in total. The van der Waals surface area contributed by atoms with E-state index in [9.17, 15) is 24.5 Å². The molecule has 4 aromatic carbocycles. The van der Waals surface area contributed by atoms with Crippen molar-refractivity contribution in [2.24, 2.45) is 0 Å². The zero-order chi connectivity index (χ0) is 30.1. The van der Waals surface area contributed by atoms with Crippen molar-refractivity contribution in [2.75, 3.05) is 16.4 Å². The van der Waals surface area contributed by atoms with Crippen LogP contribution in [0, 0.1) is 24.0 Å². The SMILES string of the molecule is Cc1ccc(NC(=O)CSc2ccc(NC(=O)/C(=C/c3ccccc3[N+](=O)[O-])NC(=O)c3ccccc3)cc2)cc1C. The first-order valence-electron chi connectivity index (χ1n) is 12.9. The van der Waals surface area contributed by atoms with Crippen LogP contribution in [-0.4, -0.2) is 28.4 Å². The van der Waals surface area contributed by atoms with Gasteiger partial charge in [0.15, 0.2) is 0 Å². The van der Waals surface area contributed by atoms with Gasteiger partial charge in [-0.05, 0) is 85.6 Å². The van der Waals surface area contributed by atoms with Crippen molar-refractivity contribution in [3.63, 3.8) is 0 Å². The molecule has 10 heteroatoms. The van der Waals surface area contributed by atoms with Crippen molar-refractivity contribution in [1.82, 2.24) is 5.32 Å². The summed E-state index contributed by atoms with van der Waals surface area (Å²) >= 11 is 1.34. The third kappa shape index (κ3) is 8.15. The Morgan fingerprint density at radius 2 is 1.48 bits per heavy atom. The standard InChI is InChI=1S/C32H28N4O5S/c1-21-12-13-26(18-22(21)2)33-30(37)20-42-27-16-14-25(15-17-27)34-32(39)28(35-31(38)23-8-4-3-5-9-23)19-24-10-6-7-11-29(24)36(40)41/h3-19H,20H2,1-2H3,(H,33,37)(H,34,39)(H,35,38)/b28-19-. The number of benzene rings is 4. The second kappa shape index (κ2) is 13.9. The molecule has 3 N–H and O–H groups in total. The third-order valence-corrected chi connectivity index (χ3v) is 7.25. The molecule has 0 unspecified atom stereocenters.